The highest BCUT2D eigenvalue weighted by molar-refractivity contribution is 7.89. The van der Waals surface area contributed by atoms with Crippen molar-refractivity contribution < 1.29 is 17.9 Å². The smallest absolute Gasteiger partial charge is 0.244 e. The summed E-state index contributed by atoms with van der Waals surface area (Å²) in [6, 6.07) is 12.7. The van der Waals surface area contributed by atoms with Crippen LogP contribution in [0.1, 0.15) is 11.1 Å². The third kappa shape index (κ3) is 4.46. The van der Waals surface area contributed by atoms with Gasteiger partial charge >= 0.3 is 0 Å². The van der Waals surface area contributed by atoms with Crippen molar-refractivity contribution in [3.63, 3.8) is 0 Å². The Balaban J connectivity index is 2.12. The van der Waals surface area contributed by atoms with Gasteiger partial charge in [-0.2, -0.15) is 0 Å². The number of nitrogens with one attached hydrogen (secondary N) is 1. The molecule has 0 aliphatic rings. The van der Waals surface area contributed by atoms with Crippen LogP contribution in [0.2, 0.25) is 0 Å². The van der Waals surface area contributed by atoms with Gasteiger partial charge in [-0.15, -0.1) is 0 Å². The Kier molecular flexibility index (Phi) is 5.63. The molecular formula is C17H21NO4S. The molecule has 0 heterocycles. The van der Waals surface area contributed by atoms with E-state index < -0.39 is 10.0 Å². The van der Waals surface area contributed by atoms with Gasteiger partial charge in [0.1, 0.15) is 16.4 Å². The average Bonchev–Trinajstić information content (AvgIpc) is 2.54. The first kappa shape index (κ1) is 17.3. The van der Waals surface area contributed by atoms with Crippen molar-refractivity contribution in [2.45, 2.75) is 18.2 Å². The van der Waals surface area contributed by atoms with Crippen LogP contribution in [0.5, 0.6) is 11.5 Å². The first-order valence-corrected chi connectivity index (χ1v) is 8.72. The lowest BCUT2D eigenvalue weighted by molar-refractivity contribution is 0.392. The Morgan fingerprint density at radius 1 is 1.04 bits per heavy atom. The second kappa shape index (κ2) is 7.48. The van der Waals surface area contributed by atoms with Gasteiger partial charge in [-0.25, -0.2) is 13.1 Å². The lowest BCUT2D eigenvalue weighted by Gasteiger charge is -2.12. The molecular weight excluding hydrogens is 314 g/mol. The normalized spacial score (nSPS) is 11.3. The summed E-state index contributed by atoms with van der Waals surface area (Å²) in [5.74, 6) is 0.749. The van der Waals surface area contributed by atoms with Gasteiger partial charge in [-0.1, -0.05) is 29.8 Å². The van der Waals surface area contributed by atoms with Crippen molar-refractivity contribution in [3.8, 4) is 11.5 Å². The summed E-state index contributed by atoms with van der Waals surface area (Å²) in [4.78, 5) is 0.0728. The Bertz CT molecular complexity index is 772. The molecule has 5 nitrogen and oxygen atoms in total. The van der Waals surface area contributed by atoms with E-state index in [4.69, 9.17) is 9.47 Å². The molecule has 0 bridgehead atoms. The van der Waals surface area contributed by atoms with Gasteiger partial charge in [0.25, 0.3) is 0 Å². The zero-order valence-corrected chi connectivity index (χ0v) is 14.3. The lowest BCUT2D eigenvalue weighted by atomic mass is 10.1. The number of hydrogen-bond acceptors (Lipinski definition) is 4. The maximum atomic E-state index is 12.5. The average molecular weight is 335 g/mol. The summed E-state index contributed by atoms with van der Waals surface area (Å²) >= 11 is 0. The lowest BCUT2D eigenvalue weighted by Crippen LogP contribution is -2.26. The van der Waals surface area contributed by atoms with Crippen molar-refractivity contribution in [1.82, 2.24) is 4.72 Å². The molecule has 0 saturated carbocycles. The van der Waals surface area contributed by atoms with Crippen LogP contribution >= 0.6 is 0 Å². The van der Waals surface area contributed by atoms with Crippen LogP contribution in [0.15, 0.2) is 47.4 Å². The Hall–Kier alpha value is -2.05. The molecule has 2 aromatic rings. The van der Waals surface area contributed by atoms with Crippen molar-refractivity contribution in [2.75, 3.05) is 20.8 Å². The maximum absolute atomic E-state index is 12.5. The van der Waals surface area contributed by atoms with E-state index in [2.05, 4.69) is 4.72 Å². The summed E-state index contributed by atoms with van der Waals surface area (Å²) < 4.78 is 37.8. The third-order valence-corrected chi connectivity index (χ3v) is 4.93. The van der Waals surface area contributed by atoms with Gasteiger partial charge in [-0.05, 0) is 31.0 Å². The molecule has 0 saturated heterocycles. The number of benzene rings is 2. The van der Waals surface area contributed by atoms with Crippen LogP contribution in [0.3, 0.4) is 0 Å². The monoisotopic (exact) mass is 335 g/mol. The van der Waals surface area contributed by atoms with Crippen LogP contribution in [-0.4, -0.2) is 29.2 Å². The van der Waals surface area contributed by atoms with Crippen LogP contribution in [0, 0.1) is 6.92 Å². The molecule has 0 unspecified atom stereocenters. The predicted octanol–water partition coefficient (Wildman–Crippen LogP) is 2.53. The first-order valence-electron chi connectivity index (χ1n) is 7.23. The Morgan fingerprint density at radius 3 is 2.48 bits per heavy atom. The third-order valence-electron chi connectivity index (χ3n) is 3.45. The Morgan fingerprint density at radius 2 is 1.83 bits per heavy atom. The predicted molar refractivity (Wildman–Crippen MR) is 89.6 cm³/mol. The minimum atomic E-state index is -3.67. The van der Waals surface area contributed by atoms with E-state index in [1.807, 2.05) is 31.2 Å². The van der Waals surface area contributed by atoms with Crippen molar-refractivity contribution in [2.24, 2.45) is 0 Å². The fourth-order valence-electron chi connectivity index (χ4n) is 2.27. The summed E-state index contributed by atoms with van der Waals surface area (Å²) in [5, 5.41) is 0. The standard InChI is InChI=1S/C17H21NO4S/c1-13-5-4-6-14(11-13)9-10-18-23(19,20)17-12-15(21-2)7-8-16(17)22-3/h4-8,11-12,18H,9-10H2,1-3H3. The topological polar surface area (TPSA) is 64.6 Å². The van der Waals surface area contributed by atoms with Crippen LogP contribution < -0.4 is 14.2 Å². The highest BCUT2D eigenvalue weighted by Crippen LogP contribution is 2.27. The molecule has 0 aromatic heterocycles. The van der Waals surface area contributed by atoms with Crippen LogP contribution in [0.25, 0.3) is 0 Å². The zero-order chi connectivity index (χ0) is 16.9. The van der Waals surface area contributed by atoms with E-state index in [0.29, 0.717) is 18.7 Å². The summed E-state index contributed by atoms with van der Waals surface area (Å²) in [6.07, 6.45) is 0.618. The van der Waals surface area contributed by atoms with Gasteiger partial charge in [0.05, 0.1) is 14.2 Å². The number of aryl methyl sites for hydroxylation is 1. The van der Waals surface area contributed by atoms with Gasteiger partial charge in [0.15, 0.2) is 0 Å². The molecule has 0 aliphatic carbocycles. The largest absolute Gasteiger partial charge is 0.497 e. The molecule has 2 aromatic carbocycles. The Labute approximate surface area is 137 Å². The second-order valence-electron chi connectivity index (χ2n) is 5.15. The number of sulfonamides is 1. The highest BCUT2D eigenvalue weighted by atomic mass is 32.2. The molecule has 6 heteroatoms. The number of rotatable bonds is 7. The minimum absolute atomic E-state index is 0.0728. The number of hydrogen-bond donors (Lipinski definition) is 1. The van der Waals surface area contributed by atoms with E-state index in [1.54, 1.807) is 12.1 Å². The quantitative estimate of drug-likeness (QED) is 0.844. The molecule has 0 spiro atoms. The van der Waals surface area contributed by atoms with Gasteiger partial charge in [-0.3, -0.25) is 0 Å². The summed E-state index contributed by atoms with van der Waals surface area (Å²) in [5.41, 5.74) is 2.24. The minimum Gasteiger partial charge on any atom is -0.497 e. The molecule has 124 valence electrons. The van der Waals surface area contributed by atoms with Gasteiger partial charge in [0, 0.05) is 12.6 Å². The van der Waals surface area contributed by atoms with Crippen LogP contribution in [0.4, 0.5) is 0 Å². The summed E-state index contributed by atoms with van der Waals surface area (Å²) in [7, 11) is -0.743. The van der Waals surface area contributed by atoms with Crippen LogP contribution in [-0.2, 0) is 16.4 Å². The molecule has 0 radical (unpaired) electrons. The molecule has 0 fully saturated rings. The molecule has 23 heavy (non-hydrogen) atoms. The molecule has 0 amide bonds. The number of methoxy groups -OCH3 is 2. The SMILES string of the molecule is COc1ccc(OC)c(S(=O)(=O)NCCc2cccc(C)c2)c1. The fourth-order valence-corrected chi connectivity index (χ4v) is 3.48. The zero-order valence-electron chi connectivity index (χ0n) is 13.5. The van der Waals surface area contributed by atoms with E-state index >= 15 is 0 Å². The van der Waals surface area contributed by atoms with E-state index in [-0.39, 0.29) is 10.6 Å². The fraction of sp³-hybridized carbons (Fsp3) is 0.294. The van der Waals surface area contributed by atoms with Gasteiger partial charge in [0.2, 0.25) is 10.0 Å². The number of ether oxygens (including phenoxy) is 2. The van der Waals surface area contributed by atoms with Crippen molar-refractivity contribution >= 4 is 10.0 Å². The molecule has 0 atom stereocenters. The maximum Gasteiger partial charge on any atom is 0.244 e. The van der Waals surface area contributed by atoms with E-state index in [9.17, 15) is 8.42 Å². The van der Waals surface area contributed by atoms with Crippen molar-refractivity contribution in [1.29, 1.82) is 0 Å². The molecule has 1 N–H and O–H groups in total. The molecule has 2 rings (SSSR count). The first-order chi connectivity index (χ1) is 11.0. The highest BCUT2D eigenvalue weighted by Gasteiger charge is 2.20. The van der Waals surface area contributed by atoms with Gasteiger partial charge < -0.3 is 9.47 Å². The second-order valence-corrected chi connectivity index (χ2v) is 6.89. The van der Waals surface area contributed by atoms with Crippen molar-refractivity contribution in [3.05, 3.63) is 53.6 Å². The molecule has 0 aliphatic heterocycles. The van der Waals surface area contributed by atoms with E-state index in [0.717, 1.165) is 11.1 Å². The van der Waals surface area contributed by atoms with E-state index in [1.165, 1.54) is 20.3 Å². The summed E-state index contributed by atoms with van der Waals surface area (Å²) in [6.45, 7) is 2.32.